The Balaban J connectivity index is 2.23. The van der Waals surface area contributed by atoms with E-state index in [9.17, 15) is 13.2 Å². The number of benzene rings is 1. The van der Waals surface area contributed by atoms with Crippen molar-refractivity contribution in [2.75, 3.05) is 12.4 Å². The topological polar surface area (TPSA) is 129 Å². The van der Waals surface area contributed by atoms with Crippen molar-refractivity contribution in [2.24, 2.45) is 5.14 Å². The van der Waals surface area contributed by atoms with E-state index in [1.165, 1.54) is 42.6 Å². The molecule has 0 bridgehead atoms. The minimum atomic E-state index is -3.87. The van der Waals surface area contributed by atoms with E-state index in [4.69, 9.17) is 9.88 Å². The Bertz CT molecular complexity index is 742. The van der Waals surface area contributed by atoms with Gasteiger partial charge < -0.3 is 10.1 Å². The van der Waals surface area contributed by atoms with Gasteiger partial charge in [-0.05, 0) is 18.2 Å². The van der Waals surface area contributed by atoms with Crippen LogP contribution in [0.25, 0.3) is 0 Å². The predicted molar refractivity (Wildman–Crippen MR) is 73.0 cm³/mol. The first-order chi connectivity index (χ1) is 9.90. The molecule has 1 amide bonds. The van der Waals surface area contributed by atoms with Crippen molar-refractivity contribution < 1.29 is 17.9 Å². The van der Waals surface area contributed by atoms with Gasteiger partial charge in [-0.15, -0.1) is 0 Å². The van der Waals surface area contributed by atoms with Crippen LogP contribution >= 0.6 is 0 Å². The summed E-state index contributed by atoms with van der Waals surface area (Å²) in [4.78, 5) is 15.5. The zero-order chi connectivity index (χ0) is 15.5. The number of rotatable bonds is 5. The Labute approximate surface area is 120 Å². The molecule has 0 aliphatic rings. The number of primary sulfonamides is 1. The number of hydrogen-bond acceptors (Lipinski definition) is 6. The summed E-state index contributed by atoms with van der Waals surface area (Å²) in [6, 6.07) is 3.93. The highest BCUT2D eigenvalue weighted by atomic mass is 32.2. The molecule has 0 aliphatic heterocycles. The summed E-state index contributed by atoms with van der Waals surface area (Å²) < 4.78 is 29.0. The van der Waals surface area contributed by atoms with Crippen LogP contribution in [0.5, 0.6) is 5.75 Å². The zero-order valence-electron chi connectivity index (χ0n) is 11.1. The van der Waals surface area contributed by atoms with Gasteiger partial charge in [-0.3, -0.25) is 4.79 Å². The first kappa shape index (κ1) is 14.9. The number of carbonyl (C=O) groups is 1. The molecule has 21 heavy (non-hydrogen) atoms. The third kappa shape index (κ3) is 3.77. The Morgan fingerprint density at radius 1 is 1.48 bits per heavy atom. The number of sulfonamides is 1. The Kier molecular flexibility index (Phi) is 4.19. The van der Waals surface area contributed by atoms with E-state index in [1.807, 2.05) is 0 Å². The minimum Gasteiger partial charge on any atom is -0.495 e. The lowest BCUT2D eigenvalue weighted by molar-refractivity contribution is -0.116. The van der Waals surface area contributed by atoms with Crippen LogP contribution in [0.2, 0.25) is 0 Å². The van der Waals surface area contributed by atoms with Crippen LogP contribution in [-0.2, 0) is 21.4 Å². The molecule has 0 radical (unpaired) electrons. The summed E-state index contributed by atoms with van der Waals surface area (Å²) in [5, 5.41) is 11.4. The van der Waals surface area contributed by atoms with E-state index in [1.54, 1.807) is 0 Å². The molecular weight excluding hydrogens is 298 g/mol. The second-order valence-corrected chi connectivity index (χ2v) is 5.61. The van der Waals surface area contributed by atoms with Crippen LogP contribution in [0, 0.1) is 0 Å². The number of amides is 1. The van der Waals surface area contributed by atoms with Crippen LogP contribution < -0.4 is 15.2 Å². The fraction of sp³-hybridized carbons (Fsp3) is 0.182. The third-order valence-electron chi connectivity index (χ3n) is 2.55. The number of anilines is 1. The molecule has 112 valence electrons. The lowest BCUT2D eigenvalue weighted by Gasteiger charge is -2.11. The standard InChI is InChI=1S/C11H13N5O4S/c1-20-10-3-2-8(21(12,18)19)4-9(10)15-11(17)5-16-7-13-6-14-16/h2-4,6-7H,5H2,1H3,(H,15,17)(H2,12,18,19). The van der Waals surface area contributed by atoms with Crippen LogP contribution in [0.4, 0.5) is 5.69 Å². The van der Waals surface area contributed by atoms with Crippen molar-refractivity contribution >= 4 is 21.6 Å². The van der Waals surface area contributed by atoms with Gasteiger partial charge in [0.2, 0.25) is 15.9 Å². The van der Waals surface area contributed by atoms with Gasteiger partial charge in [0.25, 0.3) is 0 Å². The first-order valence-corrected chi connectivity index (χ1v) is 7.28. The summed E-state index contributed by atoms with van der Waals surface area (Å²) >= 11 is 0. The summed E-state index contributed by atoms with van der Waals surface area (Å²) in [5.74, 6) is -0.0975. The summed E-state index contributed by atoms with van der Waals surface area (Å²) in [7, 11) is -2.47. The molecule has 10 heteroatoms. The van der Waals surface area contributed by atoms with E-state index in [0.29, 0.717) is 5.75 Å². The monoisotopic (exact) mass is 311 g/mol. The maximum Gasteiger partial charge on any atom is 0.246 e. The lowest BCUT2D eigenvalue weighted by atomic mass is 10.3. The molecule has 9 nitrogen and oxygen atoms in total. The Morgan fingerprint density at radius 3 is 2.81 bits per heavy atom. The molecule has 0 unspecified atom stereocenters. The van der Waals surface area contributed by atoms with Gasteiger partial charge in [0.1, 0.15) is 24.9 Å². The Morgan fingerprint density at radius 2 is 2.24 bits per heavy atom. The summed E-state index contributed by atoms with van der Waals surface area (Å²) in [5.41, 5.74) is 0.203. The normalized spacial score (nSPS) is 11.1. The maximum atomic E-state index is 11.9. The van der Waals surface area contributed by atoms with E-state index in [-0.39, 0.29) is 17.1 Å². The fourth-order valence-corrected chi connectivity index (χ4v) is 2.15. The number of carbonyl (C=O) groups excluding carboxylic acids is 1. The maximum absolute atomic E-state index is 11.9. The highest BCUT2D eigenvalue weighted by molar-refractivity contribution is 7.89. The summed E-state index contributed by atoms with van der Waals surface area (Å²) in [6.45, 7) is -0.0667. The van der Waals surface area contributed by atoms with Crippen LogP contribution in [0.15, 0.2) is 35.7 Å². The molecule has 1 aromatic heterocycles. The first-order valence-electron chi connectivity index (χ1n) is 5.73. The lowest BCUT2D eigenvalue weighted by Crippen LogP contribution is -2.20. The van der Waals surface area contributed by atoms with Gasteiger partial charge in [-0.25, -0.2) is 23.2 Å². The molecule has 3 N–H and O–H groups in total. The number of methoxy groups -OCH3 is 1. The molecule has 2 aromatic rings. The number of ether oxygens (including phenoxy) is 1. The second kappa shape index (κ2) is 5.89. The van der Waals surface area contributed by atoms with E-state index in [0.717, 1.165) is 0 Å². The second-order valence-electron chi connectivity index (χ2n) is 4.05. The molecular formula is C11H13N5O4S. The van der Waals surface area contributed by atoms with E-state index < -0.39 is 15.9 Å². The fourth-order valence-electron chi connectivity index (χ4n) is 1.61. The van der Waals surface area contributed by atoms with Gasteiger partial charge in [-0.1, -0.05) is 0 Å². The molecule has 0 fully saturated rings. The molecule has 0 saturated heterocycles. The molecule has 0 spiro atoms. The van der Waals surface area contributed by atoms with Crippen molar-refractivity contribution in [1.82, 2.24) is 14.8 Å². The van der Waals surface area contributed by atoms with Crippen molar-refractivity contribution in [2.45, 2.75) is 11.4 Å². The highest BCUT2D eigenvalue weighted by Gasteiger charge is 2.14. The third-order valence-corrected chi connectivity index (χ3v) is 3.46. The highest BCUT2D eigenvalue weighted by Crippen LogP contribution is 2.27. The predicted octanol–water partition coefficient (Wildman–Crippen LogP) is -0.427. The van der Waals surface area contributed by atoms with Crippen molar-refractivity contribution in [3.63, 3.8) is 0 Å². The molecule has 2 rings (SSSR count). The molecule has 0 atom stereocenters. The SMILES string of the molecule is COc1ccc(S(N)(=O)=O)cc1NC(=O)Cn1cncn1. The number of nitrogens with one attached hydrogen (secondary N) is 1. The van der Waals surface area contributed by atoms with E-state index >= 15 is 0 Å². The van der Waals surface area contributed by atoms with Crippen molar-refractivity contribution in [1.29, 1.82) is 0 Å². The quantitative estimate of drug-likeness (QED) is 0.771. The van der Waals surface area contributed by atoms with Crippen LogP contribution in [-0.4, -0.2) is 36.2 Å². The average Bonchev–Trinajstić information content (AvgIpc) is 2.90. The molecule has 1 aromatic carbocycles. The average molecular weight is 311 g/mol. The van der Waals surface area contributed by atoms with Gasteiger partial charge in [-0.2, -0.15) is 5.10 Å². The van der Waals surface area contributed by atoms with Crippen LogP contribution in [0.1, 0.15) is 0 Å². The van der Waals surface area contributed by atoms with Crippen LogP contribution in [0.3, 0.4) is 0 Å². The molecule has 0 saturated carbocycles. The summed E-state index contributed by atoms with van der Waals surface area (Å²) in [6.07, 6.45) is 2.69. The number of nitrogens with zero attached hydrogens (tertiary/aromatic N) is 3. The van der Waals surface area contributed by atoms with Gasteiger partial charge in [0, 0.05) is 0 Å². The van der Waals surface area contributed by atoms with Crippen molar-refractivity contribution in [3.8, 4) is 5.75 Å². The van der Waals surface area contributed by atoms with Gasteiger partial charge >= 0.3 is 0 Å². The van der Waals surface area contributed by atoms with E-state index in [2.05, 4.69) is 15.4 Å². The molecule has 0 aliphatic carbocycles. The zero-order valence-corrected chi connectivity index (χ0v) is 11.9. The Hall–Kier alpha value is -2.46. The smallest absolute Gasteiger partial charge is 0.246 e. The van der Waals surface area contributed by atoms with Crippen molar-refractivity contribution in [3.05, 3.63) is 30.9 Å². The molecule has 1 heterocycles. The number of nitrogens with two attached hydrogens (primary N) is 1. The number of hydrogen-bond donors (Lipinski definition) is 2. The minimum absolute atomic E-state index is 0.0667. The number of aromatic nitrogens is 3. The van der Waals surface area contributed by atoms with Gasteiger partial charge in [0.15, 0.2) is 0 Å². The largest absolute Gasteiger partial charge is 0.495 e. The van der Waals surface area contributed by atoms with Gasteiger partial charge in [0.05, 0.1) is 17.7 Å².